The summed E-state index contributed by atoms with van der Waals surface area (Å²) in [6, 6.07) is 7.66. The van der Waals surface area contributed by atoms with Crippen LogP contribution in [0.3, 0.4) is 0 Å². The summed E-state index contributed by atoms with van der Waals surface area (Å²) in [4.78, 5) is 16.2. The minimum atomic E-state index is -3.47. The van der Waals surface area contributed by atoms with Crippen LogP contribution < -0.4 is 4.90 Å². The van der Waals surface area contributed by atoms with E-state index in [4.69, 9.17) is 0 Å². The maximum absolute atomic E-state index is 13.0. The SMILES string of the molecule is CC[C@@H](C)c1ccc(S(=O)(=O)N2CC[NH+](CC(=O)N3CCCC[C@H]3C)CC2)cc1. The van der Waals surface area contributed by atoms with E-state index >= 15 is 0 Å². The second kappa shape index (κ2) is 9.58. The number of piperazine rings is 1. The minimum absolute atomic E-state index is 0.212. The average molecular weight is 423 g/mol. The fraction of sp³-hybridized carbons (Fsp3) is 0.682. The molecule has 0 spiro atoms. The Balaban J connectivity index is 1.56. The third-order valence-electron chi connectivity index (χ3n) is 6.65. The molecular formula is C22H36N3O3S+. The summed E-state index contributed by atoms with van der Waals surface area (Å²) in [6.07, 6.45) is 4.41. The largest absolute Gasteiger partial charge is 0.335 e. The number of rotatable bonds is 6. The Hall–Kier alpha value is -1.44. The van der Waals surface area contributed by atoms with E-state index in [-0.39, 0.29) is 5.91 Å². The molecule has 2 aliphatic heterocycles. The smallest absolute Gasteiger partial charge is 0.277 e. The summed E-state index contributed by atoms with van der Waals surface area (Å²) < 4.78 is 27.6. The minimum Gasteiger partial charge on any atom is -0.335 e. The molecule has 7 heteroatoms. The van der Waals surface area contributed by atoms with Gasteiger partial charge in [0.2, 0.25) is 10.0 Å². The van der Waals surface area contributed by atoms with Crippen LogP contribution in [0, 0.1) is 0 Å². The lowest BCUT2D eigenvalue weighted by atomic mass is 9.99. The Bertz CT molecular complexity index is 786. The molecule has 0 radical (unpaired) electrons. The summed E-state index contributed by atoms with van der Waals surface area (Å²) in [7, 11) is -3.47. The van der Waals surface area contributed by atoms with Gasteiger partial charge in [0, 0.05) is 12.6 Å². The van der Waals surface area contributed by atoms with E-state index < -0.39 is 10.0 Å². The molecule has 2 heterocycles. The first-order valence-corrected chi connectivity index (χ1v) is 12.5. The molecule has 6 nitrogen and oxygen atoms in total. The van der Waals surface area contributed by atoms with Gasteiger partial charge in [-0.3, -0.25) is 4.79 Å². The van der Waals surface area contributed by atoms with E-state index in [9.17, 15) is 13.2 Å². The van der Waals surface area contributed by atoms with Gasteiger partial charge in [0.1, 0.15) is 0 Å². The van der Waals surface area contributed by atoms with Crippen LogP contribution in [0.15, 0.2) is 29.2 Å². The number of nitrogens with one attached hydrogen (secondary N) is 1. The number of hydrogen-bond donors (Lipinski definition) is 1. The van der Waals surface area contributed by atoms with Gasteiger partial charge in [0.15, 0.2) is 6.54 Å². The van der Waals surface area contributed by atoms with Crippen molar-refractivity contribution in [2.24, 2.45) is 0 Å². The van der Waals surface area contributed by atoms with Crippen LogP contribution in [-0.2, 0) is 14.8 Å². The van der Waals surface area contributed by atoms with E-state index in [1.165, 1.54) is 16.9 Å². The number of benzene rings is 1. The summed E-state index contributed by atoms with van der Waals surface area (Å²) in [6.45, 7) is 10.0. The van der Waals surface area contributed by atoms with Crippen molar-refractivity contribution in [2.75, 3.05) is 39.3 Å². The number of nitrogens with zero attached hydrogens (tertiary/aromatic N) is 2. The lowest BCUT2D eigenvalue weighted by molar-refractivity contribution is -0.896. The first kappa shape index (κ1) is 22.2. The standard InChI is InChI=1S/C22H35N3O3S/c1-4-18(2)20-8-10-21(11-9-20)29(27,28)24-15-13-23(14-16-24)17-22(26)25-12-6-5-7-19(25)3/h8-11,18-19H,4-7,12-17H2,1-3H3/p+1/t18-,19-/m1/s1. The Morgan fingerprint density at radius 3 is 2.38 bits per heavy atom. The van der Waals surface area contributed by atoms with Crippen LogP contribution >= 0.6 is 0 Å². The highest BCUT2D eigenvalue weighted by atomic mass is 32.2. The topological polar surface area (TPSA) is 62.1 Å². The molecule has 1 aromatic carbocycles. The molecule has 0 saturated carbocycles. The summed E-state index contributed by atoms with van der Waals surface area (Å²) >= 11 is 0. The number of carbonyl (C=O) groups is 1. The number of likely N-dealkylation sites (tertiary alicyclic amines) is 1. The van der Waals surface area contributed by atoms with Crippen LogP contribution in [0.4, 0.5) is 0 Å². The van der Waals surface area contributed by atoms with Crippen molar-refractivity contribution in [3.8, 4) is 0 Å². The van der Waals surface area contributed by atoms with Crippen molar-refractivity contribution in [3.63, 3.8) is 0 Å². The maximum Gasteiger partial charge on any atom is 0.277 e. The Morgan fingerprint density at radius 1 is 1.14 bits per heavy atom. The van der Waals surface area contributed by atoms with Crippen LogP contribution in [0.1, 0.15) is 57.9 Å². The van der Waals surface area contributed by atoms with Crippen LogP contribution in [0.5, 0.6) is 0 Å². The van der Waals surface area contributed by atoms with Crippen LogP contribution in [0.25, 0.3) is 0 Å². The van der Waals surface area contributed by atoms with Gasteiger partial charge in [-0.25, -0.2) is 8.42 Å². The van der Waals surface area contributed by atoms with Gasteiger partial charge in [-0.15, -0.1) is 0 Å². The highest BCUT2D eigenvalue weighted by Crippen LogP contribution is 2.22. The molecule has 2 aliphatic rings. The van der Waals surface area contributed by atoms with Gasteiger partial charge in [0.05, 0.1) is 31.1 Å². The van der Waals surface area contributed by atoms with E-state index in [1.807, 2.05) is 17.0 Å². The van der Waals surface area contributed by atoms with Gasteiger partial charge in [-0.2, -0.15) is 4.31 Å². The van der Waals surface area contributed by atoms with Gasteiger partial charge in [-0.1, -0.05) is 26.0 Å². The molecule has 2 saturated heterocycles. The molecule has 0 unspecified atom stereocenters. The lowest BCUT2D eigenvalue weighted by Crippen LogP contribution is -3.15. The number of quaternary nitrogens is 1. The van der Waals surface area contributed by atoms with Crippen LogP contribution in [0.2, 0.25) is 0 Å². The number of amides is 1. The first-order valence-electron chi connectivity index (χ1n) is 11.1. The maximum atomic E-state index is 13.0. The second-order valence-corrected chi connectivity index (χ2v) is 10.6. The van der Waals surface area contributed by atoms with Crippen molar-refractivity contribution in [3.05, 3.63) is 29.8 Å². The van der Waals surface area contributed by atoms with Gasteiger partial charge in [-0.05, 0) is 56.2 Å². The highest BCUT2D eigenvalue weighted by Gasteiger charge is 2.33. The molecule has 1 amide bonds. The van der Waals surface area contributed by atoms with Gasteiger partial charge >= 0.3 is 0 Å². The number of hydrogen-bond acceptors (Lipinski definition) is 3. The van der Waals surface area contributed by atoms with Crippen molar-refractivity contribution < 1.29 is 18.1 Å². The number of sulfonamides is 1. The monoisotopic (exact) mass is 422 g/mol. The predicted molar refractivity (Wildman–Crippen MR) is 114 cm³/mol. The third kappa shape index (κ3) is 5.19. The molecule has 1 aromatic rings. The first-order chi connectivity index (χ1) is 13.8. The molecule has 0 aromatic heterocycles. The Morgan fingerprint density at radius 2 is 1.79 bits per heavy atom. The van der Waals surface area contributed by atoms with Crippen molar-refractivity contribution in [1.82, 2.24) is 9.21 Å². The summed E-state index contributed by atoms with van der Waals surface area (Å²) in [5.41, 5.74) is 1.17. The number of carbonyl (C=O) groups excluding carboxylic acids is 1. The molecule has 0 bridgehead atoms. The molecule has 2 fully saturated rings. The Labute approximate surface area is 175 Å². The van der Waals surface area contributed by atoms with Gasteiger partial charge < -0.3 is 9.80 Å². The molecule has 3 rings (SSSR count). The average Bonchev–Trinajstić information content (AvgIpc) is 2.74. The van der Waals surface area contributed by atoms with Crippen molar-refractivity contribution >= 4 is 15.9 Å². The normalized spacial score (nSPS) is 23.1. The number of piperidine rings is 1. The molecule has 162 valence electrons. The Kier molecular flexibility index (Phi) is 7.35. The molecule has 0 aliphatic carbocycles. The third-order valence-corrected chi connectivity index (χ3v) is 8.57. The predicted octanol–water partition coefficient (Wildman–Crippen LogP) is 1.49. The van der Waals surface area contributed by atoms with Crippen molar-refractivity contribution in [1.29, 1.82) is 0 Å². The van der Waals surface area contributed by atoms with Gasteiger partial charge in [0.25, 0.3) is 5.91 Å². The van der Waals surface area contributed by atoms with E-state index in [1.54, 1.807) is 16.4 Å². The molecule has 1 N–H and O–H groups in total. The summed E-state index contributed by atoms with van der Waals surface area (Å²) in [5, 5.41) is 0. The zero-order chi connectivity index (χ0) is 21.0. The fourth-order valence-electron chi connectivity index (χ4n) is 4.36. The summed E-state index contributed by atoms with van der Waals surface area (Å²) in [5.74, 6) is 0.642. The molecule has 2 atom stereocenters. The highest BCUT2D eigenvalue weighted by molar-refractivity contribution is 7.89. The quantitative estimate of drug-likeness (QED) is 0.756. The molecular weight excluding hydrogens is 386 g/mol. The van der Waals surface area contributed by atoms with Crippen molar-refractivity contribution in [2.45, 2.75) is 63.3 Å². The van der Waals surface area contributed by atoms with Crippen LogP contribution in [-0.4, -0.2) is 68.8 Å². The van der Waals surface area contributed by atoms with E-state index in [0.29, 0.717) is 49.6 Å². The zero-order valence-corrected chi connectivity index (χ0v) is 18.9. The second-order valence-electron chi connectivity index (χ2n) is 8.64. The zero-order valence-electron chi connectivity index (χ0n) is 18.1. The fourth-order valence-corrected chi connectivity index (χ4v) is 5.80. The van der Waals surface area contributed by atoms with E-state index in [0.717, 1.165) is 25.8 Å². The lowest BCUT2D eigenvalue weighted by Gasteiger charge is -2.36. The van der Waals surface area contributed by atoms with E-state index in [2.05, 4.69) is 20.8 Å². The molecule has 29 heavy (non-hydrogen) atoms.